The van der Waals surface area contributed by atoms with E-state index in [9.17, 15) is 13.2 Å². The molecule has 0 spiro atoms. The molecular formula is C27H27N3O4S. The van der Waals surface area contributed by atoms with Gasteiger partial charge in [-0.3, -0.25) is 4.79 Å². The summed E-state index contributed by atoms with van der Waals surface area (Å²) in [4.78, 5) is 17.4. The molecule has 1 heterocycles. The van der Waals surface area contributed by atoms with Gasteiger partial charge in [-0.1, -0.05) is 49.7 Å². The standard InChI is InChI=1S/C27H27N3O4S/c1-3-6-24(34-21-14-11-19-15-16-29-26(28)23(19)17-21)27(31)30-20-12-9-18(10-13-20)22-7-4-5-8-25(22)35(2,32)33/h4-5,7-17,24H,3,6H2,1-2H3,(H2,28,29)(H,30,31). The number of carbonyl (C=O) groups excluding carboxylic acids is 1. The normalized spacial score (nSPS) is 12.3. The van der Waals surface area contributed by atoms with Crippen LogP contribution in [0, 0.1) is 0 Å². The van der Waals surface area contributed by atoms with E-state index in [1.807, 2.05) is 25.1 Å². The summed E-state index contributed by atoms with van der Waals surface area (Å²) in [5.41, 5.74) is 7.93. The van der Waals surface area contributed by atoms with Gasteiger partial charge in [0.15, 0.2) is 15.9 Å². The first kappa shape index (κ1) is 24.2. The van der Waals surface area contributed by atoms with E-state index in [2.05, 4.69) is 10.3 Å². The molecule has 0 radical (unpaired) electrons. The van der Waals surface area contributed by atoms with Crippen LogP contribution in [-0.4, -0.2) is 31.7 Å². The lowest BCUT2D eigenvalue weighted by Crippen LogP contribution is -2.32. The minimum Gasteiger partial charge on any atom is -0.481 e. The molecule has 1 atom stereocenters. The third kappa shape index (κ3) is 5.60. The average Bonchev–Trinajstić information content (AvgIpc) is 2.84. The van der Waals surface area contributed by atoms with Gasteiger partial charge in [-0.25, -0.2) is 13.4 Å². The van der Waals surface area contributed by atoms with E-state index < -0.39 is 15.9 Å². The van der Waals surface area contributed by atoms with E-state index in [1.54, 1.807) is 60.8 Å². The highest BCUT2D eigenvalue weighted by Gasteiger charge is 2.20. The van der Waals surface area contributed by atoms with Gasteiger partial charge in [0.1, 0.15) is 11.6 Å². The van der Waals surface area contributed by atoms with Crippen molar-refractivity contribution < 1.29 is 17.9 Å². The van der Waals surface area contributed by atoms with Crippen LogP contribution in [0.4, 0.5) is 11.5 Å². The lowest BCUT2D eigenvalue weighted by Gasteiger charge is -2.19. The second kappa shape index (κ2) is 10.1. The van der Waals surface area contributed by atoms with E-state index in [-0.39, 0.29) is 10.8 Å². The highest BCUT2D eigenvalue weighted by Crippen LogP contribution is 2.29. The molecule has 0 saturated heterocycles. The lowest BCUT2D eigenvalue weighted by atomic mass is 10.1. The number of amides is 1. The zero-order valence-corrected chi connectivity index (χ0v) is 20.4. The summed E-state index contributed by atoms with van der Waals surface area (Å²) in [5, 5.41) is 4.61. The number of fused-ring (bicyclic) bond motifs is 1. The van der Waals surface area contributed by atoms with Crippen molar-refractivity contribution in [1.82, 2.24) is 4.98 Å². The largest absolute Gasteiger partial charge is 0.481 e. The number of pyridine rings is 1. The van der Waals surface area contributed by atoms with E-state index in [4.69, 9.17) is 10.5 Å². The first-order chi connectivity index (χ1) is 16.8. The Morgan fingerprint density at radius 1 is 1.06 bits per heavy atom. The van der Waals surface area contributed by atoms with Gasteiger partial charge < -0.3 is 15.8 Å². The van der Waals surface area contributed by atoms with Gasteiger partial charge in [0.25, 0.3) is 5.91 Å². The molecule has 0 aliphatic rings. The number of hydrogen-bond donors (Lipinski definition) is 2. The number of carbonyl (C=O) groups is 1. The summed E-state index contributed by atoms with van der Waals surface area (Å²) in [5.74, 6) is 0.677. The number of hydrogen-bond acceptors (Lipinski definition) is 6. The summed E-state index contributed by atoms with van der Waals surface area (Å²) in [7, 11) is -3.37. The molecule has 4 aromatic rings. The minimum atomic E-state index is -3.37. The van der Waals surface area contributed by atoms with Gasteiger partial charge in [0, 0.05) is 29.1 Å². The summed E-state index contributed by atoms with van der Waals surface area (Å²) < 4.78 is 30.3. The monoisotopic (exact) mass is 489 g/mol. The SMILES string of the molecule is CCCC(Oc1ccc2ccnc(N)c2c1)C(=O)Nc1ccc(-c2ccccc2S(C)(=O)=O)cc1. The van der Waals surface area contributed by atoms with Crippen LogP contribution >= 0.6 is 0 Å². The fraction of sp³-hybridized carbons (Fsp3) is 0.185. The number of nitrogen functional groups attached to an aromatic ring is 1. The van der Waals surface area contributed by atoms with Crippen molar-refractivity contribution in [2.45, 2.75) is 30.8 Å². The number of rotatable bonds is 8. The maximum Gasteiger partial charge on any atom is 0.265 e. The Morgan fingerprint density at radius 2 is 1.80 bits per heavy atom. The molecule has 0 aliphatic carbocycles. The van der Waals surface area contributed by atoms with Crippen LogP contribution < -0.4 is 15.8 Å². The number of nitrogens with one attached hydrogen (secondary N) is 1. The third-order valence-corrected chi connectivity index (χ3v) is 6.79. The highest BCUT2D eigenvalue weighted by molar-refractivity contribution is 7.90. The second-order valence-corrected chi connectivity index (χ2v) is 10.3. The molecule has 0 saturated carbocycles. The van der Waals surface area contributed by atoms with Crippen molar-refractivity contribution in [3.8, 4) is 16.9 Å². The topological polar surface area (TPSA) is 111 Å². The number of sulfone groups is 1. The number of nitrogens with zero attached hydrogens (tertiary/aromatic N) is 1. The first-order valence-corrected chi connectivity index (χ1v) is 13.2. The third-order valence-electron chi connectivity index (χ3n) is 5.64. The summed E-state index contributed by atoms with van der Waals surface area (Å²) in [6.45, 7) is 1.99. The van der Waals surface area contributed by atoms with Gasteiger partial charge in [0.05, 0.1) is 4.90 Å². The van der Waals surface area contributed by atoms with Crippen LogP contribution in [0.15, 0.2) is 83.9 Å². The van der Waals surface area contributed by atoms with E-state index in [1.165, 1.54) is 6.26 Å². The molecule has 1 amide bonds. The molecule has 3 aromatic carbocycles. The summed E-state index contributed by atoms with van der Waals surface area (Å²) in [6, 6.07) is 21.3. The zero-order valence-electron chi connectivity index (χ0n) is 19.6. The van der Waals surface area contributed by atoms with E-state index in [0.717, 1.165) is 22.8 Å². The van der Waals surface area contributed by atoms with Crippen molar-refractivity contribution in [3.63, 3.8) is 0 Å². The Bertz CT molecular complexity index is 1470. The number of nitrogens with two attached hydrogens (primary N) is 1. The zero-order chi connectivity index (χ0) is 25.0. The summed E-state index contributed by atoms with van der Waals surface area (Å²) in [6.07, 6.45) is 3.44. The maximum absolute atomic E-state index is 13.0. The Labute approximate surface area is 204 Å². The Balaban J connectivity index is 1.51. The Morgan fingerprint density at radius 3 is 2.51 bits per heavy atom. The first-order valence-electron chi connectivity index (χ1n) is 11.3. The van der Waals surface area contributed by atoms with Gasteiger partial charge in [-0.05, 0) is 53.8 Å². The van der Waals surface area contributed by atoms with Crippen LogP contribution in [0.2, 0.25) is 0 Å². The lowest BCUT2D eigenvalue weighted by molar-refractivity contribution is -0.123. The molecule has 0 bridgehead atoms. The van der Waals surface area contributed by atoms with E-state index in [0.29, 0.717) is 29.2 Å². The molecule has 3 N–H and O–H groups in total. The van der Waals surface area contributed by atoms with Gasteiger partial charge in [0.2, 0.25) is 0 Å². The van der Waals surface area contributed by atoms with Crippen LogP contribution in [0.25, 0.3) is 21.9 Å². The van der Waals surface area contributed by atoms with Gasteiger partial charge in [-0.2, -0.15) is 0 Å². The predicted molar refractivity (Wildman–Crippen MR) is 139 cm³/mol. The van der Waals surface area contributed by atoms with E-state index >= 15 is 0 Å². The smallest absolute Gasteiger partial charge is 0.265 e. The highest BCUT2D eigenvalue weighted by atomic mass is 32.2. The van der Waals surface area contributed by atoms with Gasteiger partial charge in [-0.15, -0.1) is 0 Å². The number of anilines is 2. The Kier molecular flexibility index (Phi) is 7.02. The molecule has 4 rings (SSSR count). The number of aromatic nitrogens is 1. The van der Waals surface area contributed by atoms with Crippen molar-refractivity contribution >= 4 is 38.0 Å². The molecule has 35 heavy (non-hydrogen) atoms. The summed E-state index contributed by atoms with van der Waals surface area (Å²) >= 11 is 0. The van der Waals surface area contributed by atoms with Crippen LogP contribution in [0.1, 0.15) is 19.8 Å². The molecule has 1 aromatic heterocycles. The fourth-order valence-corrected chi connectivity index (χ4v) is 4.81. The molecule has 7 nitrogen and oxygen atoms in total. The maximum atomic E-state index is 13.0. The van der Waals surface area contributed by atoms with Crippen molar-refractivity contribution in [2.75, 3.05) is 17.3 Å². The molecule has 0 fully saturated rings. The molecular weight excluding hydrogens is 462 g/mol. The predicted octanol–water partition coefficient (Wildman–Crippen LogP) is 5.07. The quantitative estimate of drug-likeness (QED) is 0.357. The minimum absolute atomic E-state index is 0.263. The van der Waals surface area contributed by atoms with Crippen molar-refractivity contribution in [1.29, 1.82) is 0 Å². The molecule has 0 aliphatic heterocycles. The second-order valence-electron chi connectivity index (χ2n) is 8.31. The van der Waals surface area contributed by atoms with Crippen molar-refractivity contribution in [2.24, 2.45) is 0 Å². The fourth-order valence-electron chi connectivity index (χ4n) is 3.90. The van der Waals surface area contributed by atoms with Crippen LogP contribution in [-0.2, 0) is 14.6 Å². The van der Waals surface area contributed by atoms with Gasteiger partial charge >= 0.3 is 0 Å². The molecule has 8 heteroatoms. The number of ether oxygens (including phenoxy) is 1. The van der Waals surface area contributed by atoms with Crippen molar-refractivity contribution in [3.05, 3.63) is 79.0 Å². The Hall–Kier alpha value is -3.91. The number of benzene rings is 3. The average molecular weight is 490 g/mol. The van der Waals surface area contributed by atoms with Crippen LogP contribution in [0.5, 0.6) is 5.75 Å². The molecule has 180 valence electrons. The molecule has 1 unspecified atom stereocenters. The van der Waals surface area contributed by atoms with Crippen LogP contribution in [0.3, 0.4) is 0 Å².